The van der Waals surface area contributed by atoms with Crippen LogP contribution in [-0.4, -0.2) is 26.3 Å². The van der Waals surface area contributed by atoms with E-state index in [1.165, 1.54) is 0 Å². The molecule has 0 amide bonds. The Kier molecular flexibility index (Phi) is 3.49. The minimum atomic E-state index is -0.461. The lowest BCUT2D eigenvalue weighted by Crippen LogP contribution is -2.14. The van der Waals surface area contributed by atoms with E-state index in [4.69, 9.17) is 4.52 Å². The maximum atomic E-state index is 9.72. The Bertz CT molecular complexity index is 470. The molecule has 2 atom stereocenters. The molecule has 5 nitrogen and oxygen atoms in total. The smallest absolute Gasteiger partial charge is 0.232 e. The van der Waals surface area contributed by atoms with Gasteiger partial charge in [-0.25, -0.2) is 0 Å². The molecule has 17 heavy (non-hydrogen) atoms. The standard InChI is InChI=1S/C12H15N3O2/c1-3-10(16)8(2)12-14-11(15-17-12)9-5-4-6-13-7-9/h4-8,10,16H,3H2,1-2H3. The molecule has 0 aliphatic carbocycles. The van der Waals surface area contributed by atoms with Crippen molar-refractivity contribution in [2.75, 3.05) is 0 Å². The Morgan fingerprint density at radius 1 is 1.47 bits per heavy atom. The molecular formula is C12H15N3O2. The lowest BCUT2D eigenvalue weighted by Gasteiger charge is -2.11. The Morgan fingerprint density at radius 3 is 2.94 bits per heavy atom. The highest BCUT2D eigenvalue weighted by Gasteiger charge is 2.21. The first-order valence-electron chi connectivity index (χ1n) is 5.64. The van der Waals surface area contributed by atoms with Crippen LogP contribution in [0.5, 0.6) is 0 Å². The first-order chi connectivity index (χ1) is 8.22. The van der Waals surface area contributed by atoms with E-state index < -0.39 is 6.10 Å². The fourth-order valence-electron chi connectivity index (χ4n) is 1.55. The van der Waals surface area contributed by atoms with Gasteiger partial charge < -0.3 is 9.63 Å². The third-order valence-electron chi connectivity index (χ3n) is 2.75. The molecule has 2 aromatic heterocycles. The Balaban J connectivity index is 2.22. The highest BCUT2D eigenvalue weighted by molar-refractivity contribution is 5.51. The predicted octanol–water partition coefficient (Wildman–Crippen LogP) is 2.01. The highest BCUT2D eigenvalue weighted by atomic mass is 16.5. The Hall–Kier alpha value is -1.75. The summed E-state index contributed by atoms with van der Waals surface area (Å²) in [7, 11) is 0. The predicted molar refractivity (Wildman–Crippen MR) is 62.2 cm³/mol. The van der Waals surface area contributed by atoms with E-state index in [1.807, 2.05) is 26.0 Å². The summed E-state index contributed by atoms with van der Waals surface area (Å²) in [5.74, 6) is 0.805. The molecule has 2 heterocycles. The maximum absolute atomic E-state index is 9.72. The topological polar surface area (TPSA) is 72.0 Å². The second-order valence-corrected chi connectivity index (χ2v) is 3.96. The van der Waals surface area contributed by atoms with Crippen LogP contribution in [0.25, 0.3) is 11.4 Å². The minimum absolute atomic E-state index is 0.155. The highest BCUT2D eigenvalue weighted by Crippen LogP contribution is 2.22. The van der Waals surface area contributed by atoms with E-state index in [0.29, 0.717) is 18.1 Å². The van der Waals surface area contributed by atoms with Crippen LogP contribution in [0, 0.1) is 0 Å². The number of nitrogens with zero attached hydrogens (tertiary/aromatic N) is 3. The van der Waals surface area contributed by atoms with Crippen LogP contribution in [-0.2, 0) is 0 Å². The molecule has 2 unspecified atom stereocenters. The second kappa shape index (κ2) is 5.05. The van der Waals surface area contributed by atoms with Crippen LogP contribution in [0.2, 0.25) is 0 Å². The molecule has 0 bridgehead atoms. The van der Waals surface area contributed by atoms with Crippen LogP contribution in [0.3, 0.4) is 0 Å². The van der Waals surface area contributed by atoms with E-state index >= 15 is 0 Å². The molecule has 0 aliphatic heterocycles. The number of hydrogen-bond acceptors (Lipinski definition) is 5. The molecular weight excluding hydrogens is 218 g/mol. The first-order valence-corrected chi connectivity index (χ1v) is 5.64. The van der Waals surface area contributed by atoms with Gasteiger partial charge in [0, 0.05) is 18.0 Å². The second-order valence-electron chi connectivity index (χ2n) is 3.96. The van der Waals surface area contributed by atoms with Crippen LogP contribution < -0.4 is 0 Å². The fraction of sp³-hybridized carbons (Fsp3) is 0.417. The maximum Gasteiger partial charge on any atom is 0.232 e. The van der Waals surface area contributed by atoms with E-state index in [-0.39, 0.29) is 5.92 Å². The number of aliphatic hydroxyl groups excluding tert-OH is 1. The fourth-order valence-corrected chi connectivity index (χ4v) is 1.55. The molecule has 1 N–H and O–H groups in total. The van der Waals surface area contributed by atoms with Crippen molar-refractivity contribution in [2.24, 2.45) is 0 Å². The summed E-state index contributed by atoms with van der Waals surface area (Å²) in [4.78, 5) is 8.27. The van der Waals surface area contributed by atoms with Crippen molar-refractivity contribution in [2.45, 2.75) is 32.3 Å². The SMILES string of the molecule is CCC(O)C(C)c1nc(-c2cccnc2)no1. The van der Waals surface area contributed by atoms with Crippen molar-refractivity contribution in [3.8, 4) is 11.4 Å². The van der Waals surface area contributed by atoms with Gasteiger partial charge in [-0.3, -0.25) is 4.98 Å². The zero-order valence-electron chi connectivity index (χ0n) is 9.87. The van der Waals surface area contributed by atoms with Crippen molar-refractivity contribution in [3.05, 3.63) is 30.4 Å². The Labute approximate surface area is 99.5 Å². The van der Waals surface area contributed by atoms with Crippen molar-refractivity contribution in [1.82, 2.24) is 15.1 Å². The molecule has 90 valence electrons. The van der Waals surface area contributed by atoms with Gasteiger partial charge in [0.2, 0.25) is 11.7 Å². The van der Waals surface area contributed by atoms with Gasteiger partial charge in [0.1, 0.15) is 0 Å². The minimum Gasteiger partial charge on any atom is -0.392 e. The molecule has 0 fully saturated rings. The number of rotatable bonds is 4. The summed E-state index contributed by atoms with van der Waals surface area (Å²) in [6.07, 6.45) is 3.56. The molecule has 5 heteroatoms. The van der Waals surface area contributed by atoms with Gasteiger partial charge in [0.15, 0.2) is 0 Å². The zero-order chi connectivity index (χ0) is 12.3. The summed E-state index contributed by atoms with van der Waals surface area (Å²) in [5.41, 5.74) is 0.806. The lowest BCUT2D eigenvalue weighted by molar-refractivity contribution is 0.129. The van der Waals surface area contributed by atoms with Gasteiger partial charge in [-0.1, -0.05) is 19.0 Å². The number of aliphatic hydroxyl groups is 1. The monoisotopic (exact) mass is 233 g/mol. The average Bonchev–Trinajstić information content (AvgIpc) is 2.87. The van der Waals surface area contributed by atoms with E-state index in [1.54, 1.807) is 12.4 Å². The van der Waals surface area contributed by atoms with Gasteiger partial charge in [-0.15, -0.1) is 0 Å². The van der Waals surface area contributed by atoms with Crippen LogP contribution in [0.15, 0.2) is 29.0 Å². The van der Waals surface area contributed by atoms with Crippen LogP contribution in [0.4, 0.5) is 0 Å². The van der Waals surface area contributed by atoms with Crippen molar-refractivity contribution >= 4 is 0 Å². The average molecular weight is 233 g/mol. The normalized spacial score (nSPS) is 14.5. The van der Waals surface area contributed by atoms with E-state index in [9.17, 15) is 5.11 Å². The summed E-state index contributed by atoms with van der Waals surface area (Å²) in [6, 6.07) is 3.68. The quantitative estimate of drug-likeness (QED) is 0.874. The molecule has 0 radical (unpaired) electrons. The first kappa shape index (κ1) is 11.7. The largest absolute Gasteiger partial charge is 0.392 e. The van der Waals surface area contributed by atoms with Gasteiger partial charge in [0.25, 0.3) is 0 Å². The molecule has 2 aromatic rings. The molecule has 0 aliphatic rings. The molecule has 0 aromatic carbocycles. The summed E-state index contributed by atoms with van der Waals surface area (Å²) >= 11 is 0. The van der Waals surface area contributed by atoms with Gasteiger partial charge >= 0.3 is 0 Å². The van der Waals surface area contributed by atoms with E-state index in [0.717, 1.165) is 5.56 Å². The third kappa shape index (κ3) is 2.50. The zero-order valence-corrected chi connectivity index (χ0v) is 9.87. The lowest BCUT2D eigenvalue weighted by atomic mass is 10.0. The van der Waals surface area contributed by atoms with Crippen molar-refractivity contribution < 1.29 is 9.63 Å². The number of pyridine rings is 1. The van der Waals surface area contributed by atoms with Gasteiger partial charge in [0.05, 0.1) is 12.0 Å². The Morgan fingerprint density at radius 2 is 2.29 bits per heavy atom. The molecule has 0 saturated carbocycles. The van der Waals surface area contributed by atoms with Crippen molar-refractivity contribution in [3.63, 3.8) is 0 Å². The summed E-state index contributed by atoms with van der Waals surface area (Å²) < 4.78 is 5.15. The third-order valence-corrected chi connectivity index (χ3v) is 2.75. The van der Waals surface area contributed by atoms with Crippen molar-refractivity contribution in [1.29, 1.82) is 0 Å². The number of aromatic nitrogens is 3. The van der Waals surface area contributed by atoms with Crippen LogP contribution in [0.1, 0.15) is 32.1 Å². The summed E-state index contributed by atoms with van der Waals surface area (Å²) in [6.45, 7) is 3.79. The van der Waals surface area contributed by atoms with Gasteiger partial charge in [-0.05, 0) is 18.6 Å². The van der Waals surface area contributed by atoms with Crippen LogP contribution >= 0.6 is 0 Å². The molecule has 0 spiro atoms. The number of hydrogen-bond donors (Lipinski definition) is 1. The molecule has 2 rings (SSSR count). The molecule has 0 saturated heterocycles. The summed E-state index contributed by atoms with van der Waals surface area (Å²) in [5, 5.41) is 13.6. The van der Waals surface area contributed by atoms with Gasteiger partial charge in [-0.2, -0.15) is 4.98 Å². The van der Waals surface area contributed by atoms with E-state index in [2.05, 4.69) is 15.1 Å².